The molecule has 1 aliphatic rings. The van der Waals surface area contributed by atoms with Gasteiger partial charge in [-0.15, -0.1) is 0 Å². The maximum absolute atomic E-state index is 11.2. The molecule has 1 aliphatic heterocycles. The van der Waals surface area contributed by atoms with E-state index in [2.05, 4.69) is 23.7 Å². The Labute approximate surface area is 92.3 Å². The van der Waals surface area contributed by atoms with Gasteiger partial charge >= 0.3 is 0 Å². The van der Waals surface area contributed by atoms with Crippen molar-refractivity contribution < 1.29 is 8.42 Å². The van der Waals surface area contributed by atoms with E-state index in [-0.39, 0.29) is 0 Å². The predicted octanol–water partition coefficient (Wildman–Crippen LogP) is -0.117. The molecular formula is C10H20N2O2S. The van der Waals surface area contributed by atoms with Crippen molar-refractivity contribution >= 4 is 9.84 Å². The van der Waals surface area contributed by atoms with Gasteiger partial charge in [0.1, 0.15) is 0 Å². The largest absolute Gasteiger partial charge is 0.313 e. The number of sulfone groups is 1. The summed E-state index contributed by atoms with van der Waals surface area (Å²) in [4.78, 5) is 2.15. The molecule has 0 unspecified atom stereocenters. The zero-order valence-electron chi connectivity index (χ0n) is 9.33. The van der Waals surface area contributed by atoms with Crippen LogP contribution in [0.15, 0.2) is 12.2 Å². The SMILES string of the molecule is C=C(CNCC)CN1CCS(=O)(=O)CC1. The lowest BCUT2D eigenvalue weighted by Crippen LogP contribution is -2.41. The number of nitrogens with zero attached hydrogens (tertiary/aromatic N) is 1. The normalized spacial score (nSPS) is 21.4. The van der Waals surface area contributed by atoms with Gasteiger partial charge in [-0.1, -0.05) is 13.5 Å². The second-order valence-electron chi connectivity index (χ2n) is 3.96. The molecule has 15 heavy (non-hydrogen) atoms. The quantitative estimate of drug-likeness (QED) is 0.672. The van der Waals surface area contributed by atoms with E-state index in [0.717, 1.165) is 25.2 Å². The van der Waals surface area contributed by atoms with Gasteiger partial charge in [-0.3, -0.25) is 4.90 Å². The van der Waals surface area contributed by atoms with Gasteiger partial charge in [0, 0.05) is 26.2 Å². The number of hydrogen-bond donors (Lipinski definition) is 1. The van der Waals surface area contributed by atoms with Crippen molar-refractivity contribution in [3.63, 3.8) is 0 Å². The molecule has 0 aliphatic carbocycles. The Kier molecular flexibility index (Phi) is 4.76. The van der Waals surface area contributed by atoms with E-state index in [4.69, 9.17) is 0 Å². The summed E-state index contributed by atoms with van der Waals surface area (Å²) < 4.78 is 22.4. The first kappa shape index (κ1) is 12.7. The lowest BCUT2D eigenvalue weighted by molar-refractivity contribution is 0.318. The minimum Gasteiger partial charge on any atom is -0.313 e. The third-order valence-corrected chi connectivity index (χ3v) is 4.12. The van der Waals surface area contributed by atoms with Crippen LogP contribution in [0, 0.1) is 0 Å². The summed E-state index contributed by atoms with van der Waals surface area (Å²) in [5.74, 6) is 0.586. The lowest BCUT2D eigenvalue weighted by Gasteiger charge is -2.27. The second-order valence-corrected chi connectivity index (χ2v) is 6.26. The fraction of sp³-hybridized carbons (Fsp3) is 0.800. The molecule has 88 valence electrons. The van der Waals surface area contributed by atoms with Crippen LogP contribution in [0.4, 0.5) is 0 Å². The zero-order valence-corrected chi connectivity index (χ0v) is 10.1. The number of likely N-dealkylation sites (N-methyl/N-ethyl adjacent to an activating group) is 1. The van der Waals surface area contributed by atoms with Crippen LogP contribution in [0.3, 0.4) is 0 Å². The van der Waals surface area contributed by atoms with Crippen LogP contribution in [-0.4, -0.2) is 57.5 Å². The maximum atomic E-state index is 11.2. The Morgan fingerprint density at radius 1 is 1.40 bits per heavy atom. The van der Waals surface area contributed by atoms with Crippen molar-refractivity contribution in [1.82, 2.24) is 10.2 Å². The molecule has 1 fully saturated rings. The van der Waals surface area contributed by atoms with E-state index in [0.29, 0.717) is 24.6 Å². The highest BCUT2D eigenvalue weighted by molar-refractivity contribution is 7.91. The van der Waals surface area contributed by atoms with Crippen LogP contribution < -0.4 is 5.32 Å². The molecule has 4 nitrogen and oxygen atoms in total. The monoisotopic (exact) mass is 232 g/mol. The average molecular weight is 232 g/mol. The summed E-state index contributed by atoms with van der Waals surface area (Å²) in [6.45, 7) is 9.88. The van der Waals surface area contributed by atoms with E-state index < -0.39 is 9.84 Å². The Morgan fingerprint density at radius 3 is 2.53 bits per heavy atom. The summed E-state index contributed by atoms with van der Waals surface area (Å²) >= 11 is 0. The van der Waals surface area contributed by atoms with Crippen LogP contribution in [0.1, 0.15) is 6.92 Å². The average Bonchev–Trinajstić information content (AvgIpc) is 2.18. The number of hydrogen-bond acceptors (Lipinski definition) is 4. The van der Waals surface area contributed by atoms with Crippen LogP contribution >= 0.6 is 0 Å². The van der Waals surface area contributed by atoms with Crippen molar-refractivity contribution in [2.75, 3.05) is 44.2 Å². The van der Waals surface area contributed by atoms with Gasteiger partial charge in [-0.2, -0.15) is 0 Å². The highest BCUT2D eigenvalue weighted by Gasteiger charge is 2.21. The first-order valence-corrected chi connectivity index (χ1v) is 7.16. The van der Waals surface area contributed by atoms with E-state index in [1.165, 1.54) is 0 Å². The fourth-order valence-corrected chi connectivity index (χ4v) is 2.86. The molecule has 0 radical (unpaired) electrons. The Balaban J connectivity index is 2.26. The van der Waals surface area contributed by atoms with E-state index >= 15 is 0 Å². The summed E-state index contributed by atoms with van der Waals surface area (Å²) in [7, 11) is -2.76. The predicted molar refractivity (Wildman–Crippen MR) is 62.8 cm³/mol. The van der Waals surface area contributed by atoms with Gasteiger partial charge in [0.25, 0.3) is 0 Å². The smallest absolute Gasteiger partial charge is 0.152 e. The zero-order chi connectivity index (χ0) is 11.3. The van der Waals surface area contributed by atoms with Gasteiger partial charge in [-0.25, -0.2) is 8.42 Å². The van der Waals surface area contributed by atoms with Crippen molar-refractivity contribution in [2.24, 2.45) is 0 Å². The molecule has 0 spiro atoms. The fourth-order valence-electron chi connectivity index (χ4n) is 1.58. The van der Waals surface area contributed by atoms with Crippen LogP contribution in [0.25, 0.3) is 0 Å². The molecule has 0 saturated carbocycles. The molecular weight excluding hydrogens is 212 g/mol. The summed E-state index contributed by atoms with van der Waals surface area (Å²) in [5.41, 5.74) is 1.12. The topological polar surface area (TPSA) is 49.4 Å². The van der Waals surface area contributed by atoms with Gasteiger partial charge < -0.3 is 5.32 Å². The Bertz CT molecular complexity index is 297. The van der Waals surface area contributed by atoms with E-state index in [1.54, 1.807) is 0 Å². The third kappa shape index (κ3) is 4.77. The van der Waals surface area contributed by atoms with Crippen LogP contribution in [0.5, 0.6) is 0 Å². The standard InChI is InChI=1S/C10H20N2O2S/c1-3-11-8-10(2)9-12-4-6-15(13,14)7-5-12/h11H,2-9H2,1H3. The summed E-state index contributed by atoms with van der Waals surface area (Å²) in [6, 6.07) is 0. The van der Waals surface area contributed by atoms with Crippen LogP contribution in [-0.2, 0) is 9.84 Å². The first-order chi connectivity index (χ1) is 7.03. The minimum absolute atomic E-state index is 0.293. The second kappa shape index (κ2) is 5.63. The maximum Gasteiger partial charge on any atom is 0.152 e. The summed E-state index contributed by atoms with van der Waals surface area (Å²) in [5, 5.41) is 3.21. The van der Waals surface area contributed by atoms with Crippen molar-refractivity contribution in [1.29, 1.82) is 0 Å². The van der Waals surface area contributed by atoms with E-state index in [1.807, 2.05) is 0 Å². The lowest BCUT2D eigenvalue weighted by atomic mass is 10.2. The van der Waals surface area contributed by atoms with Crippen molar-refractivity contribution in [2.45, 2.75) is 6.92 Å². The van der Waals surface area contributed by atoms with Gasteiger partial charge in [-0.05, 0) is 12.1 Å². The third-order valence-electron chi connectivity index (χ3n) is 2.51. The number of nitrogens with one attached hydrogen (secondary N) is 1. The summed E-state index contributed by atoms with van der Waals surface area (Å²) in [6.07, 6.45) is 0. The first-order valence-electron chi connectivity index (χ1n) is 5.33. The van der Waals surface area contributed by atoms with E-state index in [9.17, 15) is 8.42 Å². The molecule has 1 N–H and O–H groups in total. The Hall–Kier alpha value is -0.390. The molecule has 0 amide bonds. The molecule has 0 atom stereocenters. The van der Waals surface area contributed by atoms with Gasteiger partial charge in [0.2, 0.25) is 0 Å². The van der Waals surface area contributed by atoms with Crippen molar-refractivity contribution in [3.8, 4) is 0 Å². The molecule has 0 aromatic rings. The molecule has 0 bridgehead atoms. The molecule has 1 heterocycles. The van der Waals surface area contributed by atoms with Gasteiger partial charge in [0.15, 0.2) is 9.84 Å². The molecule has 1 rings (SSSR count). The highest BCUT2D eigenvalue weighted by Crippen LogP contribution is 2.05. The molecule has 0 aromatic heterocycles. The molecule has 1 saturated heterocycles. The molecule has 5 heteroatoms. The highest BCUT2D eigenvalue weighted by atomic mass is 32.2. The molecule has 0 aromatic carbocycles. The van der Waals surface area contributed by atoms with Gasteiger partial charge in [0.05, 0.1) is 11.5 Å². The van der Waals surface area contributed by atoms with Crippen LogP contribution in [0.2, 0.25) is 0 Å². The Morgan fingerprint density at radius 2 is 2.00 bits per heavy atom. The van der Waals surface area contributed by atoms with Crippen molar-refractivity contribution in [3.05, 3.63) is 12.2 Å². The number of rotatable bonds is 5. The minimum atomic E-state index is -2.76.